The molecule has 5 nitrogen and oxygen atoms in total. The fraction of sp³-hybridized carbons (Fsp3) is 0.455. The molecule has 0 aliphatic carbocycles. The first-order chi connectivity index (χ1) is 7.76. The van der Waals surface area contributed by atoms with Crippen LogP contribution in [-0.2, 0) is 10.6 Å². The number of carbonyl (C=O) groups excluding carboxylic acids is 1. The Balaban J connectivity index is 3.17. The Morgan fingerprint density at radius 1 is 1.53 bits per heavy atom. The maximum atomic E-state index is 11.8. The van der Waals surface area contributed by atoms with Crippen LogP contribution in [0, 0.1) is 5.21 Å². The molecule has 0 atom stereocenters. The van der Waals surface area contributed by atoms with E-state index in [0.29, 0.717) is 4.73 Å². The molecule has 0 bridgehead atoms. The fourth-order valence-electron chi connectivity index (χ4n) is 1.22. The van der Waals surface area contributed by atoms with Crippen LogP contribution >= 0.6 is 11.6 Å². The Labute approximate surface area is 105 Å². The van der Waals surface area contributed by atoms with Crippen molar-refractivity contribution in [1.82, 2.24) is 0 Å². The molecule has 0 saturated heterocycles. The topological polar surface area (TPSA) is 79.3 Å². The Bertz CT molecular complexity index is 441. The number of esters is 1. The molecule has 1 aromatic heterocycles. The lowest BCUT2D eigenvalue weighted by Gasteiger charge is -2.19. The van der Waals surface area contributed by atoms with Crippen molar-refractivity contribution in [3.05, 3.63) is 28.7 Å². The van der Waals surface area contributed by atoms with E-state index in [2.05, 4.69) is 0 Å². The highest BCUT2D eigenvalue weighted by Crippen LogP contribution is 2.15. The zero-order chi connectivity index (χ0) is 13.2. The zero-order valence-electron chi connectivity index (χ0n) is 9.99. The van der Waals surface area contributed by atoms with Gasteiger partial charge in [-0.05, 0) is 26.8 Å². The third-order valence-electron chi connectivity index (χ3n) is 1.92. The van der Waals surface area contributed by atoms with Gasteiger partial charge in [0.1, 0.15) is 17.2 Å². The van der Waals surface area contributed by atoms with Crippen LogP contribution in [0.2, 0.25) is 0 Å². The average Bonchev–Trinajstić information content (AvgIpc) is 2.15. The van der Waals surface area contributed by atoms with Crippen molar-refractivity contribution >= 4 is 23.3 Å². The van der Waals surface area contributed by atoms with E-state index in [1.54, 1.807) is 20.8 Å². The van der Waals surface area contributed by atoms with Crippen molar-refractivity contribution in [2.75, 3.05) is 5.73 Å². The van der Waals surface area contributed by atoms with Crippen molar-refractivity contribution in [3.63, 3.8) is 0 Å². The lowest BCUT2D eigenvalue weighted by atomic mass is 10.2. The largest absolute Gasteiger partial charge is 0.618 e. The normalized spacial score (nSPS) is 11.3. The Morgan fingerprint density at radius 2 is 2.12 bits per heavy atom. The number of halogens is 1. The molecule has 0 radical (unpaired) electrons. The first-order valence-corrected chi connectivity index (χ1v) is 5.60. The molecular weight excluding hydrogens is 244 g/mol. The van der Waals surface area contributed by atoms with Gasteiger partial charge in [0.15, 0.2) is 0 Å². The van der Waals surface area contributed by atoms with E-state index in [4.69, 9.17) is 22.1 Å². The van der Waals surface area contributed by atoms with Crippen molar-refractivity contribution < 1.29 is 14.3 Å². The van der Waals surface area contributed by atoms with E-state index < -0.39 is 11.6 Å². The summed E-state index contributed by atoms with van der Waals surface area (Å²) in [5.74, 6) is -0.753. The summed E-state index contributed by atoms with van der Waals surface area (Å²) in [6.45, 7) is 5.13. The van der Waals surface area contributed by atoms with Gasteiger partial charge in [0, 0.05) is 6.07 Å². The Hall–Kier alpha value is -1.49. The zero-order valence-corrected chi connectivity index (χ0v) is 10.7. The van der Waals surface area contributed by atoms with Crippen LogP contribution in [0.15, 0.2) is 12.1 Å². The van der Waals surface area contributed by atoms with Crippen LogP contribution in [0.4, 0.5) is 5.69 Å². The van der Waals surface area contributed by atoms with Crippen LogP contribution < -0.4 is 10.5 Å². The standard InChI is InChI=1S/C11H15ClN2O3/c1-11(2,3)17-10(15)9-8(13)5-4-7(6-12)14(9)16/h4-5H,6,13H2,1-3H3. The molecule has 0 amide bonds. The fourth-order valence-corrected chi connectivity index (χ4v) is 1.42. The maximum absolute atomic E-state index is 11.8. The van der Waals surface area contributed by atoms with Gasteiger partial charge >= 0.3 is 11.7 Å². The second-order valence-electron chi connectivity index (χ2n) is 4.56. The summed E-state index contributed by atoms with van der Waals surface area (Å²) in [4.78, 5) is 11.8. The summed E-state index contributed by atoms with van der Waals surface area (Å²) in [5, 5.41) is 11.8. The number of nitrogen functional groups attached to an aromatic ring is 1. The van der Waals surface area contributed by atoms with E-state index in [0.717, 1.165) is 0 Å². The summed E-state index contributed by atoms with van der Waals surface area (Å²) in [6.07, 6.45) is 0. The number of nitrogens with zero attached hydrogens (tertiary/aromatic N) is 1. The third kappa shape index (κ3) is 3.23. The van der Waals surface area contributed by atoms with E-state index in [1.165, 1.54) is 12.1 Å². The molecule has 0 aliphatic heterocycles. The number of aromatic nitrogens is 1. The van der Waals surface area contributed by atoms with Crippen LogP contribution in [-0.4, -0.2) is 11.6 Å². The van der Waals surface area contributed by atoms with Crippen molar-refractivity contribution in [2.24, 2.45) is 0 Å². The molecule has 1 heterocycles. The molecule has 17 heavy (non-hydrogen) atoms. The first kappa shape index (κ1) is 13.6. The van der Waals surface area contributed by atoms with Crippen molar-refractivity contribution in [1.29, 1.82) is 0 Å². The van der Waals surface area contributed by atoms with Crippen LogP contribution in [0.1, 0.15) is 37.0 Å². The van der Waals surface area contributed by atoms with Gasteiger partial charge in [-0.1, -0.05) is 0 Å². The smallest absolute Gasteiger partial charge is 0.407 e. The molecule has 0 fully saturated rings. The number of hydrogen-bond acceptors (Lipinski definition) is 4. The summed E-state index contributed by atoms with van der Waals surface area (Å²) in [6, 6.07) is 2.94. The Kier molecular flexibility index (Phi) is 3.83. The van der Waals surface area contributed by atoms with E-state index in [-0.39, 0.29) is 23.0 Å². The molecular formula is C11H15ClN2O3. The van der Waals surface area contributed by atoms with Gasteiger partial charge in [0.05, 0.1) is 0 Å². The molecule has 94 valence electrons. The van der Waals surface area contributed by atoms with Gasteiger partial charge in [-0.3, -0.25) is 0 Å². The average molecular weight is 259 g/mol. The molecule has 0 aromatic carbocycles. The predicted octanol–water partition coefficient (Wildman–Crippen LogP) is 1.60. The van der Waals surface area contributed by atoms with Gasteiger partial charge < -0.3 is 15.7 Å². The molecule has 2 N–H and O–H groups in total. The number of anilines is 1. The summed E-state index contributed by atoms with van der Waals surface area (Å²) in [7, 11) is 0. The molecule has 6 heteroatoms. The van der Waals surface area contributed by atoms with E-state index >= 15 is 0 Å². The summed E-state index contributed by atoms with van der Waals surface area (Å²) < 4.78 is 5.52. The number of nitrogens with two attached hydrogens (primary N) is 1. The summed E-state index contributed by atoms with van der Waals surface area (Å²) >= 11 is 5.58. The van der Waals surface area contributed by atoms with E-state index in [1.807, 2.05) is 0 Å². The minimum Gasteiger partial charge on any atom is -0.618 e. The number of pyridine rings is 1. The van der Waals surface area contributed by atoms with Crippen LogP contribution in [0.3, 0.4) is 0 Å². The monoisotopic (exact) mass is 258 g/mol. The highest BCUT2D eigenvalue weighted by atomic mass is 35.5. The molecule has 1 rings (SSSR count). The van der Waals surface area contributed by atoms with E-state index in [9.17, 15) is 10.0 Å². The van der Waals surface area contributed by atoms with Gasteiger partial charge in [0.2, 0.25) is 5.69 Å². The Morgan fingerprint density at radius 3 is 2.59 bits per heavy atom. The maximum Gasteiger partial charge on any atom is 0.407 e. The van der Waals surface area contributed by atoms with Crippen LogP contribution in [0.25, 0.3) is 0 Å². The van der Waals surface area contributed by atoms with Crippen molar-refractivity contribution in [2.45, 2.75) is 32.3 Å². The highest BCUT2D eigenvalue weighted by Gasteiger charge is 2.28. The third-order valence-corrected chi connectivity index (χ3v) is 2.20. The van der Waals surface area contributed by atoms with Gasteiger partial charge in [-0.15, -0.1) is 11.6 Å². The van der Waals surface area contributed by atoms with Gasteiger partial charge in [-0.2, -0.15) is 4.73 Å². The summed E-state index contributed by atoms with van der Waals surface area (Å²) in [5.41, 5.74) is 5.01. The lowest BCUT2D eigenvalue weighted by molar-refractivity contribution is -0.615. The quantitative estimate of drug-likeness (QED) is 0.378. The van der Waals surface area contributed by atoms with Crippen molar-refractivity contribution in [3.8, 4) is 0 Å². The minimum atomic E-state index is -0.753. The molecule has 0 saturated carbocycles. The molecule has 0 unspecified atom stereocenters. The second kappa shape index (κ2) is 4.79. The number of rotatable bonds is 2. The minimum absolute atomic E-state index is 0.000419. The highest BCUT2D eigenvalue weighted by molar-refractivity contribution is 6.16. The molecule has 0 spiro atoms. The van der Waals surface area contributed by atoms with Gasteiger partial charge in [0.25, 0.3) is 0 Å². The number of ether oxygens (including phenoxy) is 1. The van der Waals surface area contributed by atoms with Gasteiger partial charge in [-0.25, -0.2) is 4.79 Å². The lowest BCUT2D eigenvalue weighted by Crippen LogP contribution is -2.41. The second-order valence-corrected chi connectivity index (χ2v) is 4.83. The SMILES string of the molecule is CC(C)(C)OC(=O)c1c(N)ccc(CCl)[n+]1[O-]. The van der Waals surface area contributed by atoms with Crippen LogP contribution in [0.5, 0.6) is 0 Å². The first-order valence-electron chi connectivity index (χ1n) is 5.06. The molecule has 0 aliphatic rings. The number of alkyl halides is 1. The number of hydrogen-bond donors (Lipinski definition) is 1. The molecule has 1 aromatic rings. The number of carbonyl (C=O) groups is 1. The predicted molar refractivity (Wildman–Crippen MR) is 64.5 cm³/mol.